The van der Waals surface area contributed by atoms with Gasteiger partial charge in [0.15, 0.2) is 0 Å². The first kappa shape index (κ1) is 12.0. The molecule has 0 aliphatic heterocycles. The van der Waals surface area contributed by atoms with Crippen molar-refractivity contribution in [2.24, 2.45) is 0 Å². The second-order valence-electron chi connectivity index (χ2n) is 3.33. The standard InChI is InChI=1S/C12H14BrNO/c1-3-9(2)14-12(15)11-6-4-10(8-13)5-7-11/h3-7,9H,1,8H2,2H3,(H,14,15). The van der Waals surface area contributed by atoms with Crippen LogP contribution < -0.4 is 5.32 Å². The second kappa shape index (κ2) is 5.71. The third-order valence-electron chi connectivity index (χ3n) is 2.08. The molecular formula is C12H14BrNO. The highest BCUT2D eigenvalue weighted by Gasteiger charge is 2.06. The molecule has 0 fully saturated rings. The largest absolute Gasteiger partial charge is 0.346 e. The van der Waals surface area contributed by atoms with Crippen LogP contribution in [0.5, 0.6) is 0 Å². The van der Waals surface area contributed by atoms with Gasteiger partial charge in [0.05, 0.1) is 0 Å². The first-order chi connectivity index (χ1) is 7.17. The van der Waals surface area contributed by atoms with Gasteiger partial charge in [0.25, 0.3) is 5.91 Å². The Kier molecular flexibility index (Phi) is 4.56. The van der Waals surface area contributed by atoms with Crippen LogP contribution in [0.2, 0.25) is 0 Å². The van der Waals surface area contributed by atoms with Crippen LogP contribution in [-0.4, -0.2) is 11.9 Å². The van der Waals surface area contributed by atoms with Crippen LogP contribution in [0.4, 0.5) is 0 Å². The van der Waals surface area contributed by atoms with Gasteiger partial charge in [-0.05, 0) is 24.6 Å². The third-order valence-corrected chi connectivity index (χ3v) is 2.73. The Balaban J connectivity index is 2.70. The zero-order valence-electron chi connectivity index (χ0n) is 8.66. The Bertz CT molecular complexity index is 345. The van der Waals surface area contributed by atoms with Crippen LogP contribution in [0.3, 0.4) is 0 Å². The lowest BCUT2D eigenvalue weighted by Gasteiger charge is -2.09. The van der Waals surface area contributed by atoms with Gasteiger partial charge in [0.1, 0.15) is 0 Å². The van der Waals surface area contributed by atoms with Crippen molar-refractivity contribution in [2.75, 3.05) is 0 Å². The summed E-state index contributed by atoms with van der Waals surface area (Å²) in [5.74, 6) is -0.0662. The Hall–Kier alpha value is -1.09. The van der Waals surface area contributed by atoms with Crippen LogP contribution in [0.15, 0.2) is 36.9 Å². The molecule has 80 valence electrons. The summed E-state index contributed by atoms with van der Waals surface area (Å²) >= 11 is 3.36. The maximum atomic E-state index is 11.6. The second-order valence-corrected chi connectivity index (χ2v) is 3.89. The van der Waals surface area contributed by atoms with Crippen molar-refractivity contribution in [2.45, 2.75) is 18.3 Å². The van der Waals surface area contributed by atoms with Gasteiger partial charge in [-0.15, -0.1) is 6.58 Å². The van der Waals surface area contributed by atoms with E-state index >= 15 is 0 Å². The van der Waals surface area contributed by atoms with E-state index < -0.39 is 0 Å². The molecule has 1 amide bonds. The van der Waals surface area contributed by atoms with Crippen molar-refractivity contribution in [1.29, 1.82) is 0 Å². The van der Waals surface area contributed by atoms with Gasteiger partial charge in [0, 0.05) is 16.9 Å². The van der Waals surface area contributed by atoms with Crippen molar-refractivity contribution in [1.82, 2.24) is 5.32 Å². The van der Waals surface area contributed by atoms with Crippen molar-refractivity contribution in [3.8, 4) is 0 Å². The summed E-state index contributed by atoms with van der Waals surface area (Å²) in [6.45, 7) is 5.50. The van der Waals surface area contributed by atoms with Gasteiger partial charge in [-0.2, -0.15) is 0 Å². The quantitative estimate of drug-likeness (QED) is 0.660. The smallest absolute Gasteiger partial charge is 0.251 e. The number of amides is 1. The highest BCUT2D eigenvalue weighted by molar-refractivity contribution is 9.08. The first-order valence-electron chi connectivity index (χ1n) is 4.75. The van der Waals surface area contributed by atoms with E-state index in [4.69, 9.17) is 0 Å². The predicted octanol–water partition coefficient (Wildman–Crippen LogP) is 2.89. The molecule has 0 radical (unpaired) electrons. The van der Waals surface area contributed by atoms with E-state index in [-0.39, 0.29) is 11.9 Å². The van der Waals surface area contributed by atoms with Crippen LogP contribution in [-0.2, 0) is 5.33 Å². The van der Waals surface area contributed by atoms with E-state index in [1.807, 2.05) is 31.2 Å². The van der Waals surface area contributed by atoms with E-state index in [2.05, 4.69) is 27.8 Å². The molecule has 0 saturated heterocycles. The molecule has 1 N–H and O–H groups in total. The normalized spacial score (nSPS) is 11.9. The summed E-state index contributed by atoms with van der Waals surface area (Å²) in [4.78, 5) is 11.6. The van der Waals surface area contributed by atoms with Gasteiger partial charge in [-0.3, -0.25) is 4.79 Å². The van der Waals surface area contributed by atoms with Crippen LogP contribution >= 0.6 is 15.9 Å². The fourth-order valence-electron chi connectivity index (χ4n) is 1.09. The highest BCUT2D eigenvalue weighted by Crippen LogP contribution is 2.08. The van der Waals surface area contributed by atoms with E-state index in [1.54, 1.807) is 6.08 Å². The minimum absolute atomic E-state index is 0.00616. The Morgan fingerprint density at radius 2 is 2.13 bits per heavy atom. The van der Waals surface area contributed by atoms with Crippen molar-refractivity contribution >= 4 is 21.8 Å². The highest BCUT2D eigenvalue weighted by atomic mass is 79.9. The molecule has 2 nitrogen and oxygen atoms in total. The topological polar surface area (TPSA) is 29.1 Å². The zero-order valence-corrected chi connectivity index (χ0v) is 10.3. The Morgan fingerprint density at radius 3 is 2.60 bits per heavy atom. The number of carbonyl (C=O) groups is 1. The minimum Gasteiger partial charge on any atom is -0.346 e. The summed E-state index contributed by atoms with van der Waals surface area (Å²) in [7, 11) is 0. The fourth-order valence-corrected chi connectivity index (χ4v) is 1.47. The fraction of sp³-hybridized carbons (Fsp3) is 0.250. The van der Waals surface area contributed by atoms with E-state index in [9.17, 15) is 4.79 Å². The number of hydrogen-bond donors (Lipinski definition) is 1. The molecule has 0 spiro atoms. The van der Waals surface area contributed by atoms with E-state index in [0.29, 0.717) is 5.56 Å². The predicted molar refractivity (Wildman–Crippen MR) is 66.2 cm³/mol. The van der Waals surface area contributed by atoms with Crippen LogP contribution in [0.1, 0.15) is 22.8 Å². The van der Waals surface area contributed by atoms with Gasteiger partial charge in [-0.1, -0.05) is 34.1 Å². The molecule has 1 atom stereocenters. The van der Waals surface area contributed by atoms with Gasteiger partial charge in [-0.25, -0.2) is 0 Å². The number of rotatable bonds is 4. The monoisotopic (exact) mass is 267 g/mol. The molecule has 0 aromatic heterocycles. The number of carbonyl (C=O) groups excluding carboxylic acids is 1. The SMILES string of the molecule is C=CC(C)NC(=O)c1ccc(CBr)cc1. The lowest BCUT2D eigenvalue weighted by atomic mass is 10.1. The van der Waals surface area contributed by atoms with Gasteiger partial charge >= 0.3 is 0 Å². The molecule has 1 unspecified atom stereocenters. The van der Waals surface area contributed by atoms with Gasteiger partial charge < -0.3 is 5.32 Å². The number of benzene rings is 1. The molecular weight excluding hydrogens is 254 g/mol. The molecule has 1 aromatic carbocycles. The van der Waals surface area contributed by atoms with E-state index in [0.717, 1.165) is 10.9 Å². The van der Waals surface area contributed by atoms with Crippen LogP contribution in [0, 0.1) is 0 Å². The third kappa shape index (κ3) is 3.51. The lowest BCUT2D eigenvalue weighted by Crippen LogP contribution is -2.30. The molecule has 0 saturated carbocycles. The molecule has 1 rings (SSSR count). The summed E-state index contributed by atoms with van der Waals surface area (Å²) < 4.78 is 0. The zero-order chi connectivity index (χ0) is 11.3. The molecule has 1 aromatic rings. The Morgan fingerprint density at radius 1 is 1.53 bits per heavy atom. The van der Waals surface area contributed by atoms with Crippen molar-refractivity contribution in [3.63, 3.8) is 0 Å². The number of alkyl halides is 1. The maximum absolute atomic E-state index is 11.6. The molecule has 3 heteroatoms. The average Bonchev–Trinajstić information content (AvgIpc) is 2.29. The van der Waals surface area contributed by atoms with Crippen molar-refractivity contribution < 1.29 is 4.79 Å². The van der Waals surface area contributed by atoms with Crippen LogP contribution in [0.25, 0.3) is 0 Å². The number of nitrogens with one attached hydrogen (secondary N) is 1. The minimum atomic E-state index is -0.0662. The lowest BCUT2D eigenvalue weighted by molar-refractivity contribution is 0.0947. The molecule has 0 aliphatic rings. The first-order valence-corrected chi connectivity index (χ1v) is 5.88. The average molecular weight is 268 g/mol. The molecule has 0 aliphatic carbocycles. The summed E-state index contributed by atoms with van der Waals surface area (Å²) in [5, 5.41) is 3.62. The molecule has 0 heterocycles. The number of halogens is 1. The summed E-state index contributed by atoms with van der Waals surface area (Å²) in [6, 6.07) is 7.50. The van der Waals surface area contributed by atoms with Crippen molar-refractivity contribution in [3.05, 3.63) is 48.0 Å². The maximum Gasteiger partial charge on any atom is 0.251 e. The molecule has 0 bridgehead atoms. The summed E-state index contributed by atoms with van der Waals surface area (Å²) in [6.07, 6.45) is 1.70. The Labute approximate surface area is 98.5 Å². The van der Waals surface area contributed by atoms with E-state index in [1.165, 1.54) is 0 Å². The van der Waals surface area contributed by atoms with Gasteiger partial charge in [0.2, 0.25) is 0 Å². The molecule has 15 heavy (non-hydrogen) atoms. The number of hydrogen-bond acceptors (Lipinski definition) is 1. The summed E-state index contributed by atoms with van der Waals surface area (Å²) in [5.41, 5.74) is 1.83.